The SMILES string of the molecule is COc1cc(C)cc2c3ccccc3n(Cc3cc4c([nH]c5ccccc54)c4c3OC(C)(CCC=C(C)C)C=C4)c12. The Balaban J connectivity index is 1.47. The van der Waals surface area contributed by atoms with Crippen LogP contribution in [-0.4, -0.2) is 22.3 Å². The van der Waals surface area contributed by atoms with E-state index in [2.05, 4.69) is 122 Å². The molecule has 1 atom stereocenters. The number of aryl methyl sites for hydroxylation is 1. The molecule has 206 valence electrons. The minimum Gasteiger partial charge on any atom is -0.495 e. The lowest BCUT2D eigenvalue weighted by atomic mass is 9.92. The molecule has 0 amide bonds. The van der Waals surface area contributed by atoms with Crippen LogP contribution >= 0.6 is 0 Å². The Bertz CT molecular complexity index is 2030. The van der Waals surface area contributed by atoms with Crippen LogP contribution in [0.2, 0.25) is 0 Å². The molecule has 1 N–H and O–H groups in total. The molecule has 0 saturated carbocycles. The number of H-pyrrole nitrogens is 1. The third kappa shape index (κ3) is 4.21. The Kier molecular flexibility index (Phi) is 5.97. The van der Waals surface area contributed by atoms with Gasteiger partial charge in [-0.1, -0.05) is 48.0 Å². The van der Waals surface area contributed by atoms with E-state index in [4.69, 9.17) is 9.47 Å². The first-order chi connectivity index (χ1) is 19.8. The van der Waals surface area contributed by atoms with Gasteiger partial charge in [-0.15, -0.1) is 0 Å². The van der Waals surface area contributed by atoms with Gasteiger partial charge in [-0.3, -0.25) is 0 Å². The molecule has 1 unspecified atom stereocenters. The normalized spacial score (nSPS) is 16.4. The highest BCUT2D eigenvalue weighted by atomic mass is 16.5. The van der Waals surface area contributed by atoms with E-state index < -0.39 is 0 Å². The topological polar surface area (TPSA) is 39.2 Å². The van der Waals surface area contributed by atoms with E-state index in [1.54, 1.807) is 7.11 Å². The monoisotopic (exact) mass is 540 g/mol. The molecular formula is C37H36N2O2. The number of para-hydroxylation sites is 2. The van der Waals surface area contributed by atoms with E-state index in [1.165, 1.54) is 43.8 Å². The molecule has 1 aliphatic heterocycles. The highest BCUT2D eigenvalue weighted by molar-refractivity contribution is 6.12. The second-order valence-corrected chi connectivity index (χ2v) is 11.9. The molecule has 0 spiro atoms. The molecular weight excluding hydrogens is 504 g/mol. The number of fused-ring (bicyclic) bond motifs is 8. The fraction of sp³-hybridized carbons (Fsp3) is 0.243. The molecule has 0 aliphatic carbocycles. The molecule has 4 nitrogen and oxygen atoms in total. The van der Waals surface area contributed by atoms with Gasteiger partial charge in [0.05, 0.1) is 24.7 Å². The number of aromatic nitrogens is 2. The van der Waals surface area contributed by atoms with Crippen molar-refractivity contribution in [3.05, 3.63) is 101 Å². The number of nitrogens with one attached hydrogen (secondary N) is 1. The summed E-state index contributed by atoms with van der Waals surface area (Å²) in [5.41, 5.74) is 9.01. The van der Waals surface area contributed by atoms with Crippen molar-refractivity contribution >= 4 is 49.7 Å². The predicted molar refractivity (Wildman–Crippen MR) is 172 cm³/mol. The standard InChI is InChI=1S/C37H36N2O2/c1-23(2)11-10-17-37(4)18-16-28-34-29(26-12-6-8-14-31(26)38-34)21-25(36(28)41-37)22-39-32-15-9-7-13-27(32)30-19-24(3)20-33(40-5)35(30)39/h6-9,11-16,18-21,38H,10,17,22H2,1-5H3. The first-order valence-electron chi connectivity index (χ1n) is 14.5. The second kappa shape index (κ2) is 9.59. The number of rotatable bonds is 6. The van der Waals surface area contributed by atoms with Gasteiger partial charge in [-0.05, 0) is 88.6 Å². The maximum atomic E-state index is 7.00. The van der Waals surface area contributed by atoms with Crippen molar-refractivity contribution in [3.63, 3.8) is 0 Å². The van der Waals surface area contributed by atoms with E-state index >= 15 is 0 Å². The van der Waals surface area contributed by atoms with Gasteiger partial charge in [0.15, 0.2) is 0 Å². The van der Waals surface area contributed by atoms with Crippen LogP contribution in [0.3, 0.4) is 0 Å². The number of methoxy groups -OCH3 is 1. The lowest BCUT2D eigenvalue weighted by Gasteiger charge is -2.33. The first kappa shape index (κ1) is 25.5. The number of allylic oxidation sites excluding steroid dienone is 2. The minimum absolute atomic E-state index is 0.386. The zero-order valence-corrected chi connectivity index (χ0v) is 24.5. The van der Waals surface area contributed by atoms with E-state index in [0.717, 1.165) is 46.5 Å². The highest BCUT2D eigenvalue weighted by Gasteiger charge is 2.31. The fourth-order valence-corrected chi connectivity index (χ4v) is 6.53. The molecule has 0 fully saturated rings. The maximum absolute atomic E-state index is 7.00. The fourth-order valence-electron chi connectivity index (χ4n) is 6.53. The summed E-state index contributed by atoms with van der Waals surface area (Å²) in [6.45, 7) is 9.31. The molecule has 0 saturated heterocycles. The minimum atomic E-state index is -0.386. The van der Waals surface area contributed by atoms with Crippen molar-refractivity contribution in [2.45, 2.75) is 52.7 Å². The Morgan fingerprint density at radius 1 is 0.976 bits per heavy atom. The average Bonchev–Trinajstić information content (AvgIpc) is 3.48. The molecule has 7 rings (SSSR count). The molecule has 4 aromatic carbocycles. The number of ether oxygens (including phenoxy) is 2. The van der Waals surface area contributed by atoms with Crippen LogP contribution in [-0.2, 0) is 6.54 Å². The average molecular weight is 541 g/mol. The van der Waals surface area contributed by atoms with Gasteiger partial charge >= 0.3 is 0 Å². The molecule has 41 heavy (non-hydrogen) atoms. The van der Waals surface area contributed by atoms with E-state index in [-0.39, 0.29) is 5.60 Å². The zero-order valence-electron chi connectivity index (χ0n) is 24.5. The molecule has 1 aliphatic rings. The third-order valence-corrected chi connectivity index (χ3v) is 8.52. The van der Waals surface area contributed by atoms with Gasteiger partial charge in [0.1, 0.15) is 17.1 Å². The molecule has 6 aromatic rings. The number of aromatic amines is 1. The molecule has 3 heterocycles. The number of hydrogen-bond donors (Lipinski definition) is 1. The summed E-state index contributed by atoms with van der Waals surface area (Å²) in [6.07, 6.45) is 8.71. The van der Waals surface area contributed by atoms with Gasteiger partial charge in [-0.2, -0.15) is 0 Å². The Labute approximate surface area is 240 Å². The lowest BCUT2D eigenvalue weighted by molar-refractivity contribution is 0.127. The molecule has 4 heteroatoms. The predicted octanol–water partition coefficient (Wildman–Crippen LogP) is 9.71. The quantitative estimate of drug-likeness (QED) is 0.214. The first-order valence-corrected chi connectivity index (χ1v) is 14.5. The Morgan fingerprint density at radius 2 is 1.76 bits per heavy atom. The van der Waals surface area contributed by atoms with E-state index in [1.807, 2.05) is 0 Å². The largest absolute Gasteiger partial charge is 0.495 e. The summed E-state index contributed by atoms with van der Waals surface area (Å²) in [5.74, 6) is 1.86. The van der Waals surface area contributed by atoms with Crippen molar-refractivity contribution in [1.29, 1.82) is 0 Å². The van der Waals surface area contributed by atoms with Crippen LogP contribution in [0.4, 0.5) is 0 Å². The summed E-state index contributed by atoms with van der Waals surface area (Å²) < 4.78 is 15.4. The van der Waals surface area contributed by atoms with E-state index in [0.29, 0.717) is 6.54 Å². The van der Waals surface area contributed by atoms with Crippen molar-refractivity contribution < 1.29 is 9.47 Å². The maximum Gasteiger partial charge on any atom is 0.143 e. The van der Waals surface area contributed by atoms with Gasteiger partial charge in [0, 0.05) is 43.7 Å². The van der Waals surface area contributed by atoms with Crippen LogP contribution in [0.15, 0.2) is 84.5 Å². The summed E-state index contributed by atoms with van der Waals surface area (Å²) in [5, 5.41) is 4.90. The number of hydrogen-bond acceptors (Lipinski definition) is 2. The van der Waals surface area contributed by atoms with E-state index in [9.17, 15) is 0 Å². The van der Waals surface area contributed by atoms with Crippen LogP contribution in [0.1, 0.15) is 50.3 Å². The van der Waals surface area contributed by atoms with Gasteiger partial charge < -0.3 is 19.0 Å². The summed E-state index contributed by atoms with van der Waals surface area (Å²) in [4.78, 5) is 3.69. The molecule has 0 radical (unpaired) electrons. The number of benzene rings is 4. The van der Waals surface area contributed by atoms with Crippen LogP contribution in [0.5, 0.6) is 11.5 Å². The van der Waals surface area contributed by atoms with Crippen molar-refractivity contribution in [3.8, 4) is 11.5 Å². The summed E-state index contributed by atoms with van der Waals surface area (Å²) >= 11 is 0. The van der Waals surface area contributed by atoms with Crippen LogP contribution in [0, 0.1) is 6.92 Å². The molecule has 0 bridgehead atoms. The second-order valence-electron chi connectivity index (χ2n) is 11.9. The Hall–Kier alpha value is -4.44. The Morgan fingerprint density at radius 3 is 2.56 bits per heavy atom. The van der Waals surface area contributed by atoms with Crippen LogP contribution in [0.25, 0.3) is 49.7 Å². The van der Waals surface area contributed by atoms with Crippen molar-refractivity contribution in [1.82, 2.24) is 9.55 Å². The van der Waals surface area contributed by atoms with Gasteiger partial charge in [0.2, 0.25) is 0 Å². The molecule has 2 aromatic heterocycles. The third-order valence-electron chi connectivity index (χ3n) is 8.52. The zero-order chi connectivity index (χ0) is 28.3. The summed E-state index contributed by atoms with van der Waals surface area (Å²) in [6, 6.07) is 24.0. The highest BCUT2D eigenvalue weighted by Crippen LogP contribution is 2.44. The van der Waals surface area contributed by atoms with Crippen molar-refractivity contribution in [2.75, 3.05) is 7.11 Å². The summed E-state index contributed by atoms with van der Waals surface area (Å²) in [7, 11) is 1.77. The van der Waals surface area contributed by atoms with Crippen LogP contribution < -0.4 is 9.47 Å². The van der Waals surface area contributed by atoms with Crippen molar-refractivity contribution in [2.24, 2.45) is 0 Å². The number of nitrogens with zero attached hydrogens (tertiary/aromatic N) is 1. The smallest absolute Gasteiger partial charge is 0.143 e. The van der Waals surface area contributed by atoms with Gasteiger partial charge in [-0.25, -0.2) is 0 Å². The van der Waals surface area contributed by atoms with Gasteiger partial charge in [0.25, 0.3) is 0 Å². The lowest BCUT2D eigenvalue weighted by Crippen LogP contribution is -2.32.